The smallest absolute Gasteiger partial charge is 0.293 e. The molecule has 1 aromatic rings. The summed E-state index contributed by atoms with van der Waals surface area (Å²) in [5, 5.41) is -0.145. The molecule has 0 heterocycles. The Balaban J connectivity index is 3.23. The van der Waals surface area contributed by atoms with Gasteiger partial charge in [0, 0.05) is 5.56 Å². The Morgan fingerprint density at radius 1 is 1.27 bits per heavy atom. The summed E-state index contributed by atoms with van der Waals surface area (Å²) >= 11 is 2.80. The van der Waals surface area contributed by atoms with Crippen molar-refractivity contribution in [2.24, 2.45) is 0 Å². The molecule has 0 radical (unpaired) electrons. The van der Waals surface area contributed by atoms with Crippen LogP contribution in [-0.2, 0) is 6.18 Å². The summed E-state index contributed by atoms with van der Waals surface area (Å²) in [7, 11) is 0. The zero-order valence-corrected chi connectivity index (χ0v) is 8.82. The molecule has 1 nitrogen and oxygen atoms in total. The van der Waals surface area contributed by atoms with Crippen LogP contribution in [0.5, 0.6) is 0 Å². The molecule has 1 rings (SSSR count). The molecule has 0 bridgehead atoms. The zero-order valence-electron chi connectivity index (χ0n) is 7.24. The number of Topliss-reactive ketones (excluding diaryl/α,β-unsaturated/α-hetero) is 1. The van der Waals surface area contributed by atoms with Crippen LogP contribution in [0.1, 0.15) is 15.9 Å². The number of benzene rings is 1. The van der Waals surface area contributed by atoms with Crippen LogP contribution in [0.3, 0.4) is 0 Å². The van der Waals surface area contributed by atoms with Gasteiger partial charge in [-0.25, -0.2) is 4.39 Å². The highest BCUT2D eigenvalue weighted by atomic mass is 79.9. The topological polar surface area (TPSA) is 17.1 Å². The highest BCUT2D eigenvalue weighted by Crippen LogP contribution is 2.30. The molecule has 0 unspecified atom stereocenters. The van der Waals surface area contributed by atoms with Gasteiger partial charge in [0.25, 0.3) is 0 Å². The Labute approximate surface area is 91.2 Å². The highest BCUT2D eigenvalue weighted by Gasteiger charge is 2.31. The van der Waals surface area contributed by atoms with Crippen molar-refractivity contribution in [3.63, 3.8) is 0 Å². The fourth-order valence-corrected chi connectivity index (χ4v) is 1.32. The lowest BCUT2D eigenvalue weighted by molar-refractivity contribution is -0.137. The van der Waals surface area contributed by atoms with Crippen molar-refractivity contribution in [3.8, 4) is 0 Å². The molecule has 0 atom stereocenters. The maximum absolute atomic E-state index is 12.8. The average molecular weight is 285 g/mol. The third-order valence-electron chi connectivity index (χ3n) is 1.67. The van der Waals surface area contributed by atoms with Crippen molar-refractivity contribution >= 4 is 21.7 Å². The van der Waals surface area contributed by atoms with Gasteiger partial charge in [-0.2, -0.15) is 13.2 Å². The van der Waals surface area contributed by atoms with Crippen molar-refractivity contribution in [3.05, 3.63) is 35.1 Å². The van der Waals surface area contributed by atoms with Gasteiger partial charge in [0.1, 0.15) is 5.82 Å². The first-order valence-corrected chi connectivity index (χ1v) is 4.93. The van der Waals surface area contributed by atoms with Gasteiger partial charge in [-0.05, 0) is 18.2 Å². The van der Waals surface area contributed by atoms with Crippen LogP contribution in [-0.4, -0.2) is 11.1 Å². The summed E-state index contributed by atoms with van der Waals surface area (Å²) in [4.78, 5) is 11.1. The Morgan fingerprint density at radius 2 is 1.87 bits per heavy atom. The molecular weight excluding hydrogens is 280 g/mol. The van der Waals surface area contributed by atoms with Crippen molar-refractivity contribution < 1.29 is 22.4 Å². The second kappa shape index (κ2) is 4.30. The van der Waals surface area contributed by atoms with Gasteiger partial charge < -0.3 is 0 Å². The quantitative estimate of drug-likeness (QED) is 0.462. The fourth-order valence-electron chi connectivity index (χ4n) is 0.991. The van der Waals surface area contributed by atoms with Crippen LogP contribution in [0.4, 0.5) is 17.6 Å². The second-order valence-electron chi connectivity index (χ2n) is 2.78. The van der Waals surface area contributed by atoms with E-state index in [0.29, 0.717) is 12.1 Å². The van der Waals surface area contributed by atoms with E-state index < -0.39 is 23.3 Å². The number of carbonyl (C=O) groups is 1. The van der Waals surface area contributed by atoms with Gasteiger partial charge in [0.05, 0.1) is 10.9 Å². The van der Waals surface area contributed by atoms with E-state index in [4.69, 9.17) is 0 Å². The van der Waals surface area contributed by atoms with E-state index in [2.05, 4.69) is 15.9 Å². The van der Waals surface area contributed by atoms with Crippen LogP contribution in [0.25, 0.3) is 0 Å². The zero-order chi connectivity index (χ0) is 11.6. The molecule has 1 aromatic carbocycles. The van der Waals surface area contributed by atoms with Crippen LogP contribution in [0.15, 0.2) is 18.2 Å². The van der Waals surface area contributed by atoms with E-state index in [1.807, 2.05) is 0 Å². The Morgan fingerprint density at radius 3 is 2.33 bits per heavy atom. The molecule has 0 aromatic heterocycles. The standard InChI is InChI=1S/C9H5BrF4O/c10-4-8(15)5-1-6(9(12,13)14)3-7(11)2-5/h1-3H,4H2. The Kier molecular flexibility index (Phi) is 3.49. The Hall–Kier alpha value is -0.910. The molecule has 0 aliphatic carbocycles. The van der Waals surface area contributed by atoms with Crippen molar-refractivity contribution in [2.75, 3.05) is 5.33 Å². The molecule has 0 amide bonds. The normalized spacial score (nSPS) is 11.5. The summed E-state index contributed by atoms with van der Waals surface area (Å²) in [6, 6.07) is 1.76. The summed E-state index contributed by atoms with van der Waals surface area (Å²) in [6.07, 6.45) is -4.65. The van der Waals surface area contributed by atoms with E-state index in [0.717, 1.165) is 6.07 Å². The molecule has 0 N–H and O–H groups in total. The molecule has 6 heteroatoms. The first kappa shape index (κ1) is 12.2. The van der Waals surface area contributed by atoms with Gasteiger partial charge in [0.2, 0.25) is 0 Å². The van der Waals surface area contributed by atoms with Crippen LogP contribution in [0, 0.1) is 5.82 Å². The van der Waals surface area contributed by atoms with Crippen LogP contribution < -0.4 is 0 Å². The minimum absolute atomic E-state index is 0.145. The SMILES string of the molecule is O=C(CBr)c1cc(F)cc(C(F)(F)F)c1. The van der Waals surface area contributed by atoms with Crippen LogP contribution in [0.2, 0.25) is 0 Å². The second-order valence-corrected chi connectivity index (χ2v) is 3.34. The molecular formula is C9H5BrF4O. The molecule has 0 aliphatic heterocycles. The lowest BCUT2D eigenvalue weighted by atomic mass is 10.1. The highest BCUT2D eigenvalue weighted by molar-refractivity contribution is 9.09. The Bertz CT molecular complexity index is 386. The number of carbonyl (C=O) groups excluding carboxylic acids is 1. The summed E-state index contributed by atoms with van der Waals surface area (Å²) < 4.78 is 49.5. The molecule has 0 spiro atoms. The van der Waals surface area contributed by atoms with E-state index in [-0.39, 0.29) is 10.9 Å². The first-order chi connectivity index (χ1) is 6.84. The third-order valence-corrected chi connectivity index (χ3v) is 2.18. The number of hydrogen-bond donors (Lipinski definition) is 0. The van der Waals surface area contributed by atoms with E-state index in [9.17, 15) is 22.4 Å². The molecule has 0 aliphatic rings. The molecule has 15 heavy (non-hydrogen) atoms. The van der Waals surface area contributed by atoms with Gasteiger partial charge in [0.15, 0.2) is 5.78 Å². The molecule has 0 saturated carbocycles. The fraction of sp³-hybridized carbons (Fsp3) is 0.222. The minimum atomic E-state index is -4.65. The molecule has 0 saturated heterocycles. The largest absolute Gasteiger partial charge is 0.416 e. The maximum Gasteiger partial charge on any atom is 0.416 e. The van der Waals surface area contributed by atoms with Gasteiger partial charge in [-0.3, -0.25) is 4.79 Å². The average Bonchev–Trinajstić information content (AvgIpc) is 2.14. The third kappa shape index (κ3) is 3.02. The van der Waals surface area contributed by atoms with E-state index >= 15 is 0 Å². The van der Waals surface area contributed by atoms with Gasteiger partial charge in [-0.15, -0.1) is 0 Å². The summed E-state index contributed by atoms with van der Waals surface area (Å²) in [5.74, 6) is -1.67. The van der Waals surface area contributed by atoms with E-state index in [1.54, 1.807) is 0 Å². The summed E-state index contributed by atoms with van der Waals surface area (Å²) in [5.41, 5.74) is -1.45. The molecule has 0 fully saturated rings. The number of hydrogen-bond acceptors (Lipinski definition) is 1. The predicted molar refractivity (Wildman–Crippen MR) is 49.5 cm³/mol. The van der Waals surface area contributed by atoms with Gasteiger partial charge >= 0.3 is 6.18 Å². The van der Waals surface area contributed by atoms with Crippen LogP contribution >= 0.6 is 15.9 Å². The number of rotatable bonds is 2. The summed E-state index contributed by atoms with van der Waals surface area (Å²) in [6.45, 7) is 0. The van der Waals surface area contributed by atoms with Crippen molar-refractivity contribution in [2.45, 2.75) is 6.18 Å². The predicted octanol–water partition coefficient (Wildman–Crippen LogP) is 3.42. The number of halogens is 5. The van der Waals surface area contributed by atoms with E-state index in [1.165, 1.54) is 0 Å². The van der Waals surface area contributed by atoms with Crippen molar-refractivity contribution in [1.82, 2.24) is 0 Å². The lowest BCUT2D eigenvalue weighted by Gasteiger charge is -2.08. The number of alkyl halides is 4. The first-order valence-electron chi connectivity index (χ1n) is 3.81. The number of ketones is 1. The van der Waals surface area contributed by atoms with Gasteiger partial charge in [-0.1, -0.05) is 15.9 Å². The maximum atomic E-state index is 12.8. The lowest BCUT2D eigenvalue weighted by Crippen LogP contribution is -2.09. The minimum Gasteiger partial charge on any atom is -0.293 e. The van der Waals surface area contributed by atoms with Crippen molar-refractivity contribution in [1.29, 1.82) is 0 Å². The monoisotopic (exact) mass is 284 g/mol. The molecule has 82 valence electrons.